The number of anilines is 2. The largest absolute Gasteiger partial charge is 0.494 e. The molecule has 1 unspecified atom stereocenters. The molecule has 3 nitrogen and oxygen atoms in total. The first-order valence-corrected chi connectivity index (χ1v) is 7.16. The highest BCUT2D eigenvalue weighted by molar-refractivity contribution is 5.73. The fourth-order valence-electron chi connectivity index (χ4n) is 3.27. The van der Waals surface area contributed by atoms with Crippen molar-refractivity contribution in [3.8, 4) is 5.75 Å². The molecule has 0 amide bonds. The maximum absolute atomic E-state index is 13.6. The Morgan fingerprint density at radius 3 is 2.68 bits per heavy atom. The van der Waals surface area contributed by atoms with Gasteiger partial charge in [-0.15, -0.1) is 0 Å². The summed E-state index contributed by atoms with van der Waals surface area (Å²) in [6, 6.07) is 3.72. The summed E-state index contributed by atoms with van der Waals surface area (Å²) in [6.07, 6.45) is 6.64. The van der Waals surface area contributed by atoms with E-state index in [4.69, 9.17) is 4.74 Å². The number of hydrogen-bond donors (Lipinski definition) is 2. The third-order valence-corrected chi connectivity index (χ3v) is 4.36. The molecule has 104 valence electrons. The molecule has 1 heterocycles. The summed E-state index contributed by atoms with van der Waals surface area (Å²) in [5, 5.41) is 6.90. The van der Waals surface area contributed by atoms with Crippen LogP contribution in [0, 0.1) is 11.7 Å². The molecule has 3 rings (SSSR count). The quantitative estimate of drug-likeness (QED) is 0.856. The van der Waals surface area contributed by atoms with Gasteiger partial charge >= 0.3 is 0 Å². The molecule has 0 radical (unpaired) electrons. The van der Waals surface area contributed by atoms with Gasteiger partial charge in [0.05, 0.1) is 18.5 Å². The number of ether oxygens (including phenoxy) is 1. The number of halogens is 1. The van der Waals surface area contributed by atoms with Crippen LogP contribution in [-0.4, -0.2) is 19.7 Å². The number of rotatable bonds is 2. The number of fused-ring (bicyclic) bond motifs is 1. The maximum atomic E-state index is 13.6. The van der Waals surface area contributed by atoms with Crippen LogP contribution in [0.3, 0.4) is 0 Å². The zero-order chi connectivity index (χ0) is 13.2. The number of hydrogen-bond acceptors (Lipinski definition) is 3. The van der Waals surface area contributed by atoms with Gasteiger partial charge in [0, 0.05) is 24.7 Å². The molecule has 1 aliphatic carbocycles. The van der Waals surface area contributed by atoms with Crippen LogP contribution in [0.25, 0.3) is 0 Å². The molecular formula is C15H21FN2O. The second-order valence-electron chi connectivity index (χ2n) is 5.56. The van der Waals surface area contributed by atoms with Crippen LogP contribution >= 0.6 is 0 Å². The van der Waals surface area contributed by atoms with Gasteiger partial charge in [-0.1, -0.05) is 19.3 Å². The molecule has 1 aliphatic heterocycles. The highest BCUT2D eigenvalue weighted by atomic mass is 19.1. The van der Waals surface area contributed by atoms with Crippen LogP contribution in [-0.2, 0) is 0 Å². The second kappa shape index (κ2) is 5.27. The molecule has 2 aliphatic rings. The monoisotopic (exact) mass is 264 g/mol. The molecule has 1 aromatic rings. The summed E-state index contributed by atoms with van der Waals surface area (Å²) >= 11 is 0. The van der Waals surface area contributed by atoms with E-state index in [1.54, 1.807) is 6.07 Å². The van der Waals surface area contributed by atoms with E-state index < -0.39 is 0 Å². The predicted molar refractivity (Wildman–Crippen MR) is 75.4 cm³/mol. The molecule has 4 heteroatoms. The van der Waals surface area contributed by atoms with Crippen molar-refractivity contribution in [1.29, 1.82) is 0 Å². The van der Waals surface area contributed by atoms with Gasteiger partial charge < -0.3 is 15.4 Å². The Morgan fingerprint density at radius 2 is 1.95 bits per heavy atom. The number of nitrogens with one attached hydrogen (secondary N) is 2. The molecule has 19 heavy (non-hydrogen) atoms. The van der Waals surface area contributed by atoms with Crippen molar-refractivity contribution in [2.75, 3.05) is 24.3 Å². The van der Waals surface area contributed by atoms with Gasteiger partial charge in [0.15, 0.2) is 11.6 Å². The Morgan fingerprint density at radius 1 is 1.16 bits per heavy atom. The van der Waals surface area contributed by atoms with Crippen LogP contribution < -0.4 is 15.4 Å². The average molecular weight is 264 g/mol. The maximum Gasteiger partial charge on any atom is 0.167 e. The smallest absolute Gasteiger partial charge is 0.167 e. The molecule has 1 atom stereocenters. The van der Waals surface area contributed by atoms with Crippen molar-refractivity contribution in [2.24, 2.45) is 5.92 Å². The molecule has 0 aromatic heterocycles. The third kappa shape index (κ3) is 2.48. The van der Waals surface area contributed by atoms with Gasteiger partial charge in [-0.2, -0.15) is 0 Å². The van der Waals surface area contributed by atoms with Crippen LogP contribution in [0.15, 0.2) is 12.1 Å². The van der Waals surface area contributed by atoms with Gasteiger partial charge in [0.1, 0.15) is 0 Å². The minimum Gasteiger partial charge on any atom is -0.494 e. The van der Waals surface area contributed by atoms with Crippen LogP contribution in [0.1, 0.15) is 32.1 Å². The molecular weight excluding hydrogens is 243 g/mol. The summed E-state index contributed by atoms with van der Waals surface area (Å²) in [7, 11) is 1.50. The number of methoxy groups -OCH3 is 1. The lowest BCUT2D eigenvalue weighted by atomic mass is 9.83. The molecule has 1 fully saturated rings. The highest BCUT2D eigenvalue weighted by Crippen LogP contribution is 2.36. The summed E-state index contributed by atoms with van der Waals surface area (Å²) in [4.78, 5) is 0. The Balaban J connectivity index is 1.78. The Bertz CT molecular complexity index is 458. The van der Waals surface area contributed by atoms with Gasteiger partial charge in [-0.05, 0) is 18.8 Å². The minimum atomic E-state index is -0.313. The van der Waals surface area contributed by atoms with E-state index in [9.17, 15) is 4.39 Å². The summed E-state index contributed by atoms with van der Waals surface area (Å²) < 4.78 is 18.7. The van der Waals surface area contributed by atoms with Gasteiger partial charge in [-0.3, -0.25) is 0 Å². The molecule has 1 aromatic carbocycles. The lowest BCUT2D eigenvalue weighted by Gasteiger charge is -2.36. The molecule has 0 bridgehead atoms. The van der Waals surface area contributed by atoms with Crippen LogP contribution in [0.4, 0.5) is 15.8 Å². The Kier molecular flexibility index (Phi) is 3.49. The summed E-state index contributed by atoms with van der Waals surface area (Å²) in [6.45, 7) is 0.878. The minimum absolute atomic E-state index is 0.303. The lowest BCUT2D eigenvalue weighted by Crippen LogP contribution is -2.40. The van der Waals surface area contributed by atoms with Gasteiger partial charge in [-0.25, -0.2) is 4.39 Å². The second-order valence-corrected chi connectivity index (χ2v) is 5.56. The first-order valence-electron chi connectivity index (χ1n) is 7.16. The first kappa shape index (κ1) is 12.6. The Labute approximate surface area is 113 Å². The van der Waals surface area contributed by atoms with E-state index >= 15 is 0 Å². The summed E-state index contributed by atoms with van der Waals surface area (Å²) in [5.41, 5.74) is 1.80. The van der Waals surface area contributed by atoms with Gasteiger partial charge in [0.25, 0.3) is 0 Å². The van der Waals surface area contributed by atoms with Crippen LogP contribution in [0.5, 0.6) is 5.75 Å². The van der Waals surface area contributed by atoms with E-state index in [0.717, 1.165) is 23.8 Å². The normalized spacial score (nSPS) is 23.2. The van der Waals surface area contributed by atoms with Gasteiger partial charge in [0.2, 0.25) is 0 Å². The van der Waals surface area contributed by atoms with E-state index in [1.165, 1.54) is 45.3 Å². The molecule has 2 N–H and O–H groups in total. The van der Waals surface area contributed by atoms with Crippen molar-refractivity contribution < 1.29 is 9.13 Å². The SMILES string of the molecule is COc1cc2c(cc1F)NCC(C1CCCCC1)N2. The summed E-state index contributed by atoms with van der Waals surface area (Å²) in [5.74, 6) is 0.717. The fraction of sp³-hybridized carbons (Fsp3) is 0.600. The molecule has 0 spiro atoms. The van der Waals surface area contributed by atoms with Crippen molar-refractivity contribution in [3.63, 3.8) is 0 Å². The fourth-order valence-corrected chi connectivity index (χ4v) is 3.27. The average Bonchev–Trinajstić information content (AvgIpc) is 2.47. The first-order chi connectivity index (χ1) is 9.28. The number of benzene rings is 1. The predicted octanol–water partition coefficient (Wildman–Crippen LogP) is 3.62. The zero-order valence-corrected chi connectivity index (χ0v) is 11.3. The van der Waals surface area contributed by atoms with Crippen molar-refractivity contribution in [2.45, 2.75) is 38.1 Å². The van der Waals surface area contributed by atoms with E-state index in [0.29, 0.717) is 11.8 Å². The van der Waals surface area contributed by atoms with Crippen molar-refractivity contribution in [1.82, 2.24) is 0 Å². The van der Waals surface area contributed by atoms with E-state index in [2.05, 4.69) is 10.6 Å². The third-order valence-electron chi connectivity index (χ3n) is 4.36. The van der Waals surface area contributed by atoms with E-state index in [1.807, 2.05) is 0 Å². The topological polar surface area (TPSA) is 33.3 Å². The standard InChI is InChI=1S/C15H21FN2O/c1-19-15-8-13-12(7-11(15)16)17-9-14(18-13)10-5-3-2-4-6-10/h7-8,10,14,17-18H,2-6,9H2,1H3. The lowest BCUT2D eigenvalue weighted by molar-refractivity contribution is 0.322. The molecule has 1 saturated carbocycles. The van der Waals surface area contributed by atoms with E-state index in [-0.39, 0.29) is 5.82 Å². The molecule has 0 saturated heterocycles. The Hall–Kier alpha value is -1.45. The van der Waals surface area contributed by atoms with Crippen molar-refractivity contribution >= 4 is 11.4 Å². The van der Waals surface area contributed by atoms with Crippen molar-refractivity contribution in [3.05, 3.63) is 17.9 Å². The highest BCUT2D eigenvalue weighted by Gasteiger charge is 2.27. The zero-order valence-electron chi connectivity index (χ0n) is 11.3. The van der Waals surface area contributed by atoms with Crippen LogP contribution in [0.2, 0.25) is 0 Å².